The Balaban J connectivity index is 2.89. The van der Waals surface area contributed by atoms with Gasteiger partial charge in [0.05, 0.1) is 12.3 Å². The Kier molecular flexibility index (Phi) is 6.44. The largest absolute Gasteiger partial charge is 0.449 e. The number of para-hydroxylation sites is 1. The molecular formula is C13H21N3O4S. The van der Waals surface area contributed by atoms with E-state index in [4.69, 9.17) is 0 Å². The van der Waals surface area contributed by atoms with Crippen molar-refractivity contribution in [1.29, 1.82) is 0 Å². The lowest BCUT2D eigenvalue weighted by molar-refractivity contribution is 0.159. The molecule has 1 aromatic rings. The first kappa shape index (κ1) is 17.3. The molecule has 0 spiro atoms. The number of hydrogen-bond acceptors (Lipinski definition) is 5. The Morgan fingerprint density at radius 1 is 1.29 bits per heavy atom. The van der Waals surface area contributed by atoms with Crippen LogP contribution in [0.15, 0.2) is 24.3 Å². The second-order valence-corrected chi connectivity index (χ2v) is 5.71. The van der Waals surface area contributed by atoms with Crippen LogP contribution in [0.3, 0.4) is 0 Å². The summed E-state index contributed by atoms with van der Waals surface area (Å²) in [5.41, 5.74) is 1.19. The van der Waals surface area contributed by atoms with Crippen LogP contribution in [0.2, 0.25) is 0 Å². The minimum absolute atomic E-state index is 0.0310. The van der Waals surface area contributed by atoms with Crippen LogP contribution in [-0.2, 0) is 14.9 Å². The van der Waals surface area contributed by atoms with Gasteiger partial charge in [0.2, 0.25) is 0 Å². The summed E-state index contributed by atoms with van der Waals surface area (Å²) in [4.78, 5) is 11.2. The monoisotopic (exact) mass is 315 g/mol. The van der Waals surface area contributed by atoms with Gasteiger partial charge in [0.25, 0.3) is 0 Å². The van der Waals surface area contributed by atoms with Crippen molar-refractivity contribution in [1.82, 2.24) is 10.0 Å². The minimum Gasteiger partial charge on any atom is -0.449 e. The summed E-state index contributed by atoms with van der Waals surface area (Å²) in [6, 6.07) is 6.95. The molecule has 0 aromatic heterocycles. The molecule has 0 aliphatic heterocycles. The number of carbonyl (C=O) groups is 1. The van der Waals surface area contributed by atoms with Crippen molar-refractivity contribution in [3.63, 3.8) is 0 Å². The third-order valence-electron chi connectivity index (χ3n) is 2.68. The zero-order valence-electron chi connectivity index (χ0n) is 12.3. The fourth-order valence-corrected chi connectivity index (χ4v) is 2.63. The zero-order valence-corrected chi connectivity index (χ0v) is 13.2. The highest BCUT2D eigenvalue weighted by Gasteiger charge is 2.18. The molecule has 1 amide bonds. The summed E-state index contributed by atoms with van der Waals surface area (Å²) in [5, 5.41) is 3.20. The molecule has 21 heavy (non-hydrogen) atoms. The van der Waals surface area contributed by atoms with Crippen LogP contribution in [0.25, 0.3) is 0 Å². The first-order valence-corrected chi connectivity index (χ1v) is 8.17. The molecule has 1 rings (SSSR count). The van der Waals surface area contributed by atoms with Gasteiger partial charge in [0.15, 0.2) is 0 Å². The van der Waals surface area contributed by atoms with Gasteiger partial charge in [-0.2, -0.15) is 8.42 Å². The van der Waals surface area contributed by atoms with Gasteiger partial charge in [-0.1, -0.05) is 25.1 Å². The molecule has 0 bridgehead atoms. The smallest absolute Gasteiger partial charge is 0.422 e. The third kappa shape index (κ3) is 5.60. The van der Waals surface area contributed by atoms with Crippen molar-refractivity contribution in [3.05, 3.63) is 29.8 Å². The van der Waals surface area contributed by atoms with Crippen LogP contribution >= 0.6 is 0 Å². The number of carbonyl (C=O) groups excluding carboxylic acids is 1. The van der Waals surface area contributed by atoms with Gasteiger partial charge in [0, 0.05) is 6.04 Å². The van der Waals surface area contributed by atoms with E-state index < -0.39 is 16.3 Å². The number of rotatable bonds is 7. The van der Waals surface area contributed by atoms with Gasteiger partial charge in [0.1, 0.15) is 0 Å². The van der Waals surface area contributed by atoms with Gasteiger partial charge in [-0.05, 0) is 32.0 Å². The molecule has 0 heterocycles. The Morgan fingerprint density at radius 2 is 1.95 bits per heavy atom. The molecule has 0 aliphatic carbocycles. The maximum atomic E-state index is 11.9. The molecule has 1 atom stereocenters. The lowest BCUT2D eigenvalue weighted by atomic mass is 10.1. The van der Waals surface area contributed by atoms with Crippen molar-refractivity contribution in [2.45, 2.75) is 26.8 Å². The summed E-state index contributed by atoms with van der Waals surface area (Å²) in [6.07, 6.45) is -1.01. The summed E-state index contributed by atoms with van der Waals surface area (Å²) < 4.78 is 32.4. The second-order valence-electron chi connectivity index (χ2n) is 4.29. The van der Waals surface area contributed by atoms with Gasteiger partial charge >= 0.3 is 16.3 Å². The summed E-state index contributed by atoms with van der Waals surface area (Å²) in [7, 11) is -4.03. The van der Waals surface area contributed by atoms with E-state index in [1.807, 2.05) is 26.0 Å². The van der Waals surface area contributed by atoms with Crippen LogP contribution in [0.1, 0.15) is 32.4 Å². The quantitative estimate of drug-likeness (QED) is 0.712. The van der Waals surface area contributed by atoms with Gasteiger partial charge in [-0.15, -0.1) is 0 Å². The van der Waals surface area contributed by atoms with Crippen LogP contribution in [0, 0.1) is 0 Å². The molecule has 3 N–H and O–H groups in total. The lowest BCUT2D eigenvalue weighted by Crippen LogP contribution is -2.36. The molecule has 118 valence electrons. The molecule has 0 fully saturated rings. The minimum atomic E-state index is -4.03. The number of hydrogen-bond donors (Lipinski definition) is 3. The summed E-state index contributed by atoms with van der Waals surface area (Å²) in [5.74, 6) is 0. The number of amides is 1. The van der Waals surface area contributed by atoms with Crippen molar-refractivity contribution >= 4 is 22.0 Å². The zero-order chi connectivity index (χ0) is 15.9. The van der Waals surface area contributed by atoms with Crippen molar-refractivity contribution in [2.24, 2.45) is 0 Å². The van der Waals surface area contributed by atoms with E-state index in [1.54, 1.807) is 23.8 Å². The topological polar surface area (TPSA) is 96.5 Å². The molecular weight excluding hydrogens is 294 g/mol. The van der Waals surface area contributed by atoms with Crippen LogP contribution in [-0.4, -0.2) is 27.7 Å². The number of ether oxygens (including phenoxy) is 1. The van der Waals surface area contributed by atoms with Gasteiger partial charge in [-0.25, -0.2) is 9.52 Å². The maximum absolute atomic E-state index is 11.9. The van der Waals surface area contributed by atoms with Crippen LogP contribution in [0.5, 0.6) is 0 Å². The Bertz CT molecular complexity index is 575. The average Bonchev–Trinajstić information content (AvgIpc) is 2.38. The first-order chi connectivity index (χ1) is 9.89. The SMILES string of the molecule is CCNC(C)c1ccccc1NS(=O)(=O)NC(=O)OCC. The lowest BCUT2D eigenvalue weighted by Gasteiger charge is -2.18. The average molecular weight is 315 g/mol. The van der Waals surface area contributed by atoms with Crippen molar-refractivity contribution < 1.29 is 17.9 Å². The highest BCUT2D eigenvalue weighted by molar-refractivity contribution is 7.91. The molecule has 0 aliphatic rings. The van der Waals surface area contributed by atoms with Gasteiger partial charge < -0.3 is 10.1 Å². The maximum Gasteiger partial charge on any atom is 0.422 e. The summed E-state index contributed by atoms with van der Waals surface area (Å²) in [6.45, 7) is 6.33. The van der Waals surface area contributed by atoms with E-state index in [0.29, 0.717) is 5.69 Å². The summed E-state index contributed by atoms with van der Waals surface area (Å²) >= 11 is 0. The fourth-order valence-electron chi connectivity index (χ4n) is 1.82. The Morgan fingerprint density at radius 3 is 2.57 bits per heavy atom. The van der Waals surface area contributed by atoms with E-state index in [2.05, 4.69) is 14.8 Å². The highest BCUT2D eigenvalue weighted by Crippen LogP contribution is 2.23. The van der Waals surface area contributed by atoms with Crippen LogP contribution in [0.4, 0.5) is 10.5 Å². The van der Waals surface area contributed by atoms with Crippen molar-refractivity contribution in [2.75, 3.05) is 17.9 Å². The van der Waals surface area contributed by atoms with Gasteiger partial charge in [-0.3, -0.25) is 4.72 Å². The number of benzene rings is 1. The molecule has 8 heteroatoms. The first-order valence-electron chi connectivity index (χ1n) is 6.69. The molecule has 0 saturated heterocycles. The Labute approximate surface area is 125 Å². The molecule has 1 aromatic carbocycles. The predicted octanol–water partition coefficient (Wildman–Crippen LogP) is 1.76. The number of nitrogens with one attached hydrogen (secondary N) is 3. The highest BCUT2D eigenvalue weighted by atomic mass is 32.2. The van der Waals surface area contributed by atoms with E-state index in [9.17, 15) is 13.2 Å². The predicted molar refractivity (Wildman–Crippen MR) is 81.2 cm³/mol. The third-order valence-corrected chi connectivity index (χ3v) is 3.60. The molecule has 0 saturated carbocycles. The second kappa shape index (κ2) is 7.84. The number of anilines is 1. The Hall–Kier alpha value is -1.80. The van der Waals surface area contributed by atoms with E-state index in [-0.39, 0.29) is 12.6 Å². The normalized spacial score (nSPS) is 12.5. The van der Waals surface area contributed by atoms with Crippen LogP contribution < -0.4 is 14.8 Å². The fraction of sp³-hybridized carbons (Fsp3) is 0.462. The molecule has 1 unspecified atom stereocenters. The standard InChI is InChI=1S/C13H21N3O4S/c1-4-14-10(3)11-8-6-7-9-12(11)15-21(18,19)16-13(17)20-5-2/h6-10,14-15H,4-5H2,1-3H3,(H,16,17). The van der Waals surface area contributed by atoms with Crippen molar-refractivity contribution in [3.8, 4) is 0 Å². The molecule has 7 nitrogen and oxygen atoms in total. The van der Waals surface area contributed by atoms with E-state index in [1.165, 1.54) is 0 Å². The van der Waals surface area contributed by atoms with E-state index in [0.717, 1.165) is 12.1 Å². The van der Waals surface area contributed by atoms with E-state index >= 15 is 0 Å². The molecule has 0 radical (unpaired) electrons.